The molecule has 0 heterocycles. The maximum Gasteiger partial charge on any atom is 0.180 e. The Kier molecular flexibility index (Phi) is 16.6. The van der Waals surface area contributed by atoms with Crippen LogP contribution in [0.1, 0.15) is 86.0 Å². The summed E-state index contributed by atoms with van der Waals surface area (Å²) < 4.78 is 17.6. The minimum Gasteiger partial charge on any atom is -0.376 e. The van der Waals surface area contributed by atoms with E-state index in [9.17, 15) is 0 Å². The molecule has 0 aromatic heterocycles. The zero-order chi connectivity index (χ0) is 17.3. The number of hydrogen-bond donors (Lipinski definition) is 0. The molecular formula is C20H42O3. The van der Waals surface area contributed by atoms with E-state index in [1.165, 1.54) is 51.4 Å². The van der Waals surface area contributed by atoms with Crippen molar-refractivity contribution in [1.82, 2.24) is 0 Å². The second-order valence-corrected chi connectivity index (χ2v) is 6.59. The Hall–Kier alpha value is -0.120. The Morgan fingerprint density at radius 1 is 0.652 bits per heavy atom. The van der Waals surface area contributed by atoms with Crippen LogP contribution in [0.4, 0.5) is 0 Å². The van der Waals surface area contributed by atoms with E-state index in [1.54, 1.807) is 0 Å². The summed E-state index contributed by atoms with van der Waals surface area (Å²) in [6, 6.07) is 0. The molecule has 2 atom stereocenters. The molecule has 0 amide bonds. The summed E-state index contributed by atoms with van der Waals surface area (Å²) in [6.07, 6.45) is 9.73. The lowest BCUT2D eigenvalue weighted by Crippen LogP contribution is -2.28. The maximum absolute atomic E-state index is 6.05. The van der Waals surface area contributed by atoms with Crippen molar-refractivity contribution in [2.24, 2.45) is 11.8 Å². The molecular weight excluding hydrogens is 288 g/mol. The van der Waals surface area contributed by atoms with Crippen LogP contribution in [0, 0.1) is 11.8 Å². The first-order valence-electron chi connectivity index (χ1n) is 10.0. The summed E-state index contributed by atoms with van der Waals surface area (Å²) in [5.74, 6) is 1.29. The molecule has 0 rings (SSSR count). The van der Waals surface area contributed by atoms with Crippen molar-refractivity contribution in [2.45, 2.75) is 92.3 Å². The van der Waals surface area contributed by atoms with E-state index in [0.717, 1.165) is 13.2 Å². The Morgan fingerprint density at radius 3 is 1.48 bits per heavy atom. The van der Waals surface area contributed by atoms with Crippen LogP contribution in [0.3, 0.4) is 0 Å². The van der Waals surface area contributed by atoms with Crippen LogP contribution in [0.25, 0.3) is 0 Å². The summed E-state index contributed by atoms with van der Waals surface area (Å²) in [7, 11) is 0. The summed E-state index contributed by atoms with van der Waals surface area (Å²) in [4.78, 5) is 0. The predicted octanol–water partition coefficient (Wildman–Crippen LogP) is 5.82. The smallest absolute Gasteiger partial charge is 0.180 e. The molecule has 0 fully saturated rings. The van der Waals surface area contributed by atoms with Gasteiger partial charge in [-0.05, 0) is 31.6 Å². The van der Waals surface area contributed by atoms with Gasteiger partial charge in [0.1, 0.15) is 0 Å². The third-order valence-electron chi connectivity index (χ3n) is 4.58. The van der Waals surface area contributed by atoms with Gasteiger partial charge in [-0.2, -0.15) is 0 Å². The summed E-state index contributed by atoms with van der Waals surface area (Å²) in [5, 5.41) is 0. The summed E-state index contributed by atoms with van der Waals surface area (Å²) in [5.41, 5.74) is 0. The fourth-order valence-corrected chi connectivity index (χ4v) is 2.64. The van der Waals surface area contributed by atoms with E-state index in [4.69, 9.17) is 14.2 Å². The average Bonchev–Trinajstić information content (AvgIpc) is 2.58. The van der Waals surface area contributed by atoms with E-state index in [2.05, 4.69) is 27.7 Å². The number of unbranched alkanes of at least 4 members (excludes halogenated alkanes) is 2. The normalized spacial score (nSPS) is 15.5. The molecule has 0 N–H and O–H groups in total. The molecule has 0 aliphatic rings. The minimum absolute atomic E-state index is 0.207. The first kappa shape index (κ1) is 22.9. The van der Waals surface area contributed by atoms with Crippen molar-refractivity contribution >= 4 is 0 Å². The van der Waals surface area contributed by atoms with Gasteiger partial charge in [-0.25, -0.2) is 0 Å². The fourth-order valence-electron chi connectivity index (χ4n) is 2.64. The second kappa shape index (κ2) is 16.7. The lowest BCUT2D eigenvalue weighted by Gasteiger charge is -2.24. The predicted molar refractivity (Wildman–Crippen MR) is 98.8 cm³/mol. The standard InChI is InChI=1S/C20H42O3/c1-6-11-13-18(8-3)15-22-20(17-21-10-5)23-16-19(9-4)14-12-7-2/h18-20H,6-17H2,1-5H3. The van der Waals surface area contributed by atoms with Gasteiger partial charge in [-0.15, -0.1) is 0 Å². The highest BCUT2D eigenvalue weighted by atomic mass is 16.7. The lowest BCUT2D eigenvalue weighted by molar-refractivity contribution is -0.184. The molecule has 0 bridgehead atoms. The second-order valence-electron chi connectivity index (χ2n) is 6.59. The van der Waals surface area contributed by atoms with Crippen LogP contribution >= 0.6 is 0 Å². The van der Waals surface area contributed by atoms with Crippen LogP contribution in [-0.2, 0) is 14.2 Å². The molecule has 140 valence electrons. The highest BCUT2D eigenvalue weighted by Gasteiger charge is 2.16. The summed E-state index contributed by atoms with van der Waals surface area (Å²) >= 11 is 0. The molecule has 3 nitrogen and oxygen atoms in total. The van der Waals surface area contributed by atoms with Crippen LogP contribution in [0.15, 0.2) is 0 Å². The van der Waals surface area contributed by atoms with Gasteiger partial charge in [0.2, 0.25) is 0 Å². The Bertz CT molecular complexity index is 213. The zero-order valence-electron chi connectivity index (χ0n) is 16.4. The van der Waals surface area contributed by atoms with E-state index in [1.807, 2.05) is 6.92 Å². The third kappa shape index (κ3) is 12.9. The van der Waals surface area contributed by atoms with Crippen molar-refractivity contribution in [3.63, 3.8) is 0 Å². The Labute approximate surface area is 145 Å². The summed E-state index contributed by atoms with van der Waals surface area (Å²) in [6.45, 7) is 13.9. The monoisotopic (exact) mass is 330 g/mol. The van der Waals surface area contributed by atoms with Crippen molar-refractivity contribution < 1.29 is 14.2 Å². The van der Waals surface area contributed by atoms with Crippen LogP contribution < -0.4 is 0 Å². The molecule has 0 aliphatic carbocycles. The van der Waals surface area contributed by atoms with Gasteiger partial charge in [0.05, 0.1) is 19.8 Å². The van der Waals surface area contributed by atoms with E-state index >= 15 is 0 Å². The quantitative estimate of drug-likeness (QED) is 0.315. The number of rotatable bonds is 17. The van der Waals surface area contributed by atoms with Gasteiger partial charge >= 0.3 is 0 Å². The molecule has 23 heavy (non-hydrogen) atoms. The molecule has 0 spiro atoms. The molecule has 0 saturated carbocycles. The van der Waals surface area contributed by atoms with Crippen LogP contribution in [0.2, 0.25) is 0 Å². The number of ether oxygens (including phenoxy) is 3. The SMILES string of the molecule is CCCCC(CC)COC(COCC)OCC(CC)CCCC. The van der Waals surface area contributed by atoms with Gasteiger partial charge in [-0.3, -0.25) is 0 Å². The molecule has 0 aliphatic heterocycles. The van der Waals surface area contributed by atoms with Gasteiger partial charge in [0, 0.05) is 6.61 Å². The first-order chi connectivity index (χ1) is 11.2. The van der Waals surface area contributed by atoms with Crippen molar-refractivity contribution in [2.75, 3.05) is 26.4 Å². The van der Waals surface area contributed by atoms with Crippen molar-refractivity contribution in [1.29, 1.82) is 0 Å². The van der Waals surface area contributed by atoms with E-state index in [0.29, 0.717) is 25.0 Å². The van der Waals surface area contributed by atoms with Crippen molar-refractivity contribution in [3.8, 4) is 0 Å². The largest absolute Gasteiger partial charge is 0.376 e. The van der Waals surface area contributed by atoms with Gasteiger partial charge in [-0.1, -0.05) is 66.2 Å². The zero-order valence-corrected chi connectivity index (χ0v) is 16.4. The highest BCUT2D eigenvalue weighted by Crippen LogP contribution is 2.17. The molecule has 2 unspecified atom stereocenters. The maximum atomic E-state index is 6.05. The molecule has 0 aromatic carbocycles. The van der Waals surface area contributed by atoms with Gasteiger partial charge in [0.15, 0.2) is 6.29 Å². The average molecular weight is 331 g/mol. The van der Waals surface area contributed by atoms with Gasteiger partial charge in [0.25, 0.3) is 0 Å². The van der Waals surface area contributed by atoms with Crippen LogP contribution in [0.5, 0.6) is 0 Å². The Morgan fingerprint density at radius 2 is 1.13 bits per heavy atom. The van der Waals surface area contributed by atoms with E-state index < -0.39 is 0 Å². The number of hydrogen-bond acceptors (Lipinski definition) is 3. The third-order valence-corrected chi connectivity index (χ3v) is 4.58. The molecule has 0 saturated heterocycles. The van der Waals surface area contributed by atoms with Crippen LogP contribution in [-0.4, -0.2) is 32.7 Å². The minimum atomic E-state index is -0.207. The topological polar surface area (TPSA) is 27.7 Å². The van der Waals surface area contributed by atoms with Gasteiger partial charge < -0.3 is 14.2 Å². The highest BCUT2D eigenvalue weighted by molar-refractivity contribution is 4.59. The van der Waals surface area contributed by atoms with E-state index in [-0.39, 0.29) is 6.29 Å². The Balaban J connectivity index is 4.21. The molecule has 3 heteroatoms. The van der Waals surface area contributed by atoms with Crippen molar-refractivity contribution in [3.05, 3.63) is 0 Å². The first-order valence-corrected chi connectivity index (χ1v) is 10.0. The lowest BCUT2D eigenvalue weighted by atomic mass is 10.0. The fraction of sp³-hybridized carbons (Fsp3) is 1.00. The molecule has 0 aromatic rings. The molecule has 0 radical (unpaired) electrons.